The molecule has 0 aliphatic carbocycles. The molecule has 0 spiro atoms. The first-order valence-corrected chi connectivity index (χ1v) is 7.27. The van der Waals surface area contributed by atoms with Crippen LogP contribution in [-0.4, -0.2) is 31.0 Å². The van der Waals surface area contributed by atoms with Gasteiger partial charge in [-0.3, -0.25) is 4.79 Å². The fourth-order valence-corrected chi connectivity index (χ4v) is 2.54. The predicted octanol–water partition coefficient (Wildman–Crippen LogP) is 1.35. The molecule has 1 aliphatic heterocycles. The van der Waals surface area contributed by atoms with E-state index in [-0.39, 0.29) is 11.9 Å². The summed E-state index contributed by atoms with van der Waals surface area (Å²) in [4.78, 5) is 11.4. The Morgan fingerprint density at radius 2 is 2.35 bits per heavy atom. The van der Waals surface area contributed by atoms with Gasteiger partial charge in [0.1, 0.15) is 0 Å². The van der Waals surface area contributed by atoms with Crippen LogP contribution in [-0.2, 0) is 11.2 Å². The molecule has 3 nitrogen and oxygen atoms in total. The molecule has 0 saturated carbocycles. The highest BCUT2D eigenvalue weighted by atomic mass is 32.2. The van der Waals surface area contributed by atoms with Gasteiger partial charge in [-0.2, -0.15) is 11.8 Å². The normalized spacial score (nSPS) is 18.5. The Hall–Kier alpha value is -1.00. The fraction of sp³-hybridized carbons (Fsp3) is 0.462. The Morgan fingerprint density at radius 3 is 3.18 bits per heavy atom. The number of hydrogen-bond donors (Lipinski definition) is 2. The number of amides is 1. The lowest BCUT2D eigenvalue weighted by molar-refractivity contribution is -0.118. The second kappa shape index (κ2) is 6.07. The maximum atomic E-state index is 11.4. The highest BCUT2D eigenvalue weighted by Gasteiger charge is 2.19. The van der Waals surface area contributed by atoms with Crippen LogP contribution in [0, 0.1) is 0 Å². The van der Waals surface area contributed by atoms with Crippen LogP contribution in [0.1, 0.15) is 17.2 Å². The highest BCUT2D eigenvalue weighted by molar-refractivity contribution is 7.99. The first-order chi connectivity index (χ1) is 8.31. The molecule has 1 amide bonds. The van der Waals surface area contributed by atoms with Crippen molar-refractivity contribution in [3.05, 3.63) is 35.4 Å². The maximum Gasteiger partial charge on any atom is 0.230 e. The second-order valence-corrected chi connectivity index (χ2v) is 5.06. The van der Waals surface area contributed by atoms with E-state index in [1.807, 2.05) is 6.26 Å². The highest BCUT2D eigenvalue weighted by Crippen LogP contribution is 2.21. The van der Waals surface area contributed by atoms with Crippen molar-refractivity contribution in [3.8, 4) is 0 Å². The summed E-state index contributed by atoms with van der Waals surface area (Å²) in [5, 5.41) is 6.42. The van der Waals surface area contributed by atoms with Crippen molar-refractivity contribution in [1.82, 2.24) is 10.6 Å². The van der Waals surface area contributed by atoms with Crippen LogP contribution in [0.2, 0.25) is 0 Å². The van der Waals surface area contributed by atoms with Crippen LogP contribution in [0.25, 0.3) is 0 Å². The molecule has 1 aromatic carbocycles. The van der Waals surface area contributed by atoms with Gasteiger partial charge in [-0.15, -0.1) is 0 Å². The van der Waals surface area contributed by atoms with Gasteiger partial charge in [0.05, 0.1) is 5.75 Å². The lowest BCUT2D eigenvalue weighted by Crippen LogP contribution is -2.39. The van der Waals surface area contributed by atoms with Crippen LogP contribution in [0.3, 0.4) is 0 Å². The average molecular weight is 250 g/mol. The number of thioether (sulfide) groups is 1. The quantitative estimate of drug-likeness (QED) is 0.847. The molecule has 0 fully saturated rings. The Labute approximate surface area is 106 Å². The van der Waals surface area contributed by atoms with Crippen molar-refractivity contribution in [2.24, 2.45) is 0 Å². The molecule has 1 heterocycles. The summed E-state index contributed by atoms with van der Waals surface area (Å²) in [6.07, 6.45) is 3.01. The molecule has 1 aromatic rings. The van der Waals surface area contributed by atoms with Gasteiger partial charge in [-0.1, -0.05) is 24.3 Å². The van der Waals surface area contributed by atoms with Crippen LogP contribution >= 0.6 is 11.8 Å². The van der Waals surface area contributed by atoms with E-state index < -0.39 is 0 Å². The molecule has 2 rings (SSSR count). The minimum atomic E-state index is 0.113. The summed E-state index contributed by atoms with van der Waals surface area (Å²) in [6, 6.07) is 8.71. The van der Waals surface area contributed by atoms with E-state index in [0.717, 1.165) is 13.0 Å². The Bertz CT molecular complexity index is 395. The van der Waals surface area contributed by atoms with Gasteiger partial charge in [-0.05, 0) is 30.3 Å². The molecule has 0 saturated heterocycles. The van der Waals surface area contributed by atoms with Gasteiger partial charge < -0.3 is 10.6 Å². The van der Waals surface area contributed by atoms with Crippen LogP contribution in [0.4, 0.5) is 0 Å². The third kappa shape index (κ3) is 3.23. The molecule has 92 valence electrons. The molecule has 1 atom stereocenters. The number of nitrogens with one attached hydrogen (secondary N) is 2. The summed E-state index contributed by atoms with van der Waals surface area (Å²) in [7, 11) is 0. The van der Waals surface area contributed by atoms with E-state index in [0.29, 0.717) is 12.3 Å². The number of carbonyl (C=O) groups is 1. The Kier molecular flexibility index (Phi) is 4.45. The zero-order chi connectivity index (χ0) is 12.1. The van der Waals surface area contributed by atoms with Gasteiger partial charge in [0, 0.05) is 12.6 Å². The number of benzene rings is 1. The summed E-state index contributed by atoms with van der Waals surface area (Å²) in [5.41, 5.74) is 2.72. The molecular weight excluding hydrogens is 232 g/mol. The monoisotopic (exact) mass is 250 g/mol. The van der Waals surface area contributed by atoms with Crippen LogP contribution in [0.15, 0.2) is 24.3 Å². The molecule has 0 radical (unpaired) electrons. The van der Waals surface area contributed by atoms with Crippen molar-refractivity contribution in [2.75, 3.05) is 25.1 Å². The zero-order valence-corrected chi connectivity index (χ0v) is 10.8. The van der Waals surface area contributed by atoms with E-state index in [1.54, 1.807) is 11.8 Å². The lowest BCUT2D eigenvalue weighted by Gasteiger charge is -2.27. The number of rotatable bonds is 4. The molecule has 1 unspecified atom stereocenters. The molecule has 0 aromatic heterocycles. The summed E-state index contributed by atoms with van der Waals surface area (Å²) in [6.45, 7) is 1.66. The van der Waals surface area contributed by atoms with Gasteiger partial charge >= 0.3 is 0 Å². The van der Waals surface area contributed by atoms with Gasteiger partial charge in [-0.25, -0.2) is 0 Å². The zero-order valence-electron chi connectivity index (χ0n) is 10.0. The molecule has 1 aliphatic rings. The fourth-order valence-electron chi connectivity index (χ4n) is 2.17. The van der Waals surface area contributed by atoms with E-state index >= 15 is 0 Å². The third-order valence-corrected chi connectivity index (χ3v) is 3.55. The Balaban J connectivity index is 1.97. The number of hydrogen-bond acceptors (Lipinski definition) is 3. The van der Waals surface area contributed by atoms with E-state index in [2.05, 4.69) is 34.9 Å². The third-order valence-electron chi connectivity index (χ3n) is 2.99. The van der Waals surface area contributed by atoms with Crippen LogP contribution in [0.5, 0.6) is 0 Å². The second-order valence-electron chi connectivity index (χ2n) is 4.19. The first-order valence-electron chi connectivity index (χ1n) is 5.88. The van der Waals surface area contributed by atoms with Crippen molar-refractivity contribution in [1.29, 1.82) is 0 Å². The smallest absolute Gasteiger partial charge is 0.230 e. The van der Waals surface area contributed by atoms with E-state index in [4.69, 9.17) is 0 Å². The molecule has 2 N–H and O–H groups in total. The maximum absolute atomic E-state index is 11.4. The molecule has 17 heavy (non-hydrogen) atoms. The van der Waals surface area contributed by atoms with E-state index in [1.165, 1.54) is 11.1 Å². The topological polar surface area (TPSA) is 41.1 Å². The minimum Gasteiger partial charge on any atom is -0.353 e. The van der Waals surface area contributed by atoms with Crippen molar-refractivity contribution in [3.63, 3.8) is 0 Å². The molecular formula is C13H18N2OS. The SMILES string of the molecule is CSCC(=O)NCC1NCCc2ccccc21. The summed E-state index contributed by atoms with van der Waals surface area (Å²) >= 11 is 1.55. The number of fused-ring (bicyclic) bond motifs is 1. The predicted molar refractivity (Wildman–Crippen MR) is 72.3 cm³/mol. The number of carbonyl (C=O) groups excluding carboxylic acids is 1. The van der Waals surface area contributed by atoms with Crippen molar-refractivity contribution >= 4 is 17.7 Å². The first kappa shape index (κ1) is 12.5. The average Bonchev–Trinajstić information content (AvgIpc) is 2.36. The van der Waals surface area contributed by atoms with Gasteiger partial charge in [0.2, 0.25) is 5.91 Å². The minimum absolute atomic E-state index is 0.113. The van der Waals surface area contributed by atoms with Gasteiger partial charge in [0.15, 0.2) is 0 Å². The van der Waals surface area contributed by atoms with Crippen molar-refractivity contribution in [2.45, 2.75) is 12.5 Å². The molecule has 0 bridgehead atoms. The summed E-state index contributed by atoms with van der Waals surface area (Å²) in [5.74, 6) is 0.649. The lowest BCUT2D eigenvalue weighted by atomic mass is 9.94. The van der Waals surface area contributed by atoms with Gasteiger partial charge in [0.25, 0.3) is 0 Å². The largest absolute Gasteiger partial charge is 0.353 e. The van der Waals surface area contributed by atoms with Crippen LogP contribution < -0.4 is 10.6 Å². The standard InChI is InChI=1S/C13H18N2OS/c1-17-9-13(16)15-8-12-11-5-3-2-4-10(11)6-7-14-12/h2-5,12,14H,6-9H2,1H3,(H,15,16). The molecule has 4 heteroatoms. The summed E-state index contributed by atoms with van der Waals surface area (Å²) < 4.78 is 0. The van der Waals surface area contributed by atoms with Crippen molar-refractivity contribution < 1.29 is 4.79 Å². The van der Waals surface area contributed by atoms with E-state index in [9.17, 15) is 4.79 Å². The Morgan fingerprint density at radius 1 is 1.53 bits per heavy atom.